The fourth-order valence-electron chi connectivity index (χ4n) is 5.65. The van der Waals surface area contributed by atoms with Gasteiger partial charge in [-0.05, 0) is 54.0 Å². The lowest BCUT2D eigenvalue weighted by molar-refractivity contribution is -0.129. The molecule has 1 unspecified atom stereocenters. The van der Waals surface area contributed by atoms with Crippen molar-refractivity contribution in [3.05, 3.63) is 64.7 Å². The van der Waals surface area contributed by atoms with Gasteiger partial charge in [-0.25, -0.2) is 0 Å². The summed E-state index contributed by atoms with van der Waals surface area (Å²) in [5, 5.41) is 10.8. The highest BCUT2D eigenvalue weighted by Crippen LogP contribution is 2.33. The highest BCUT2D eigenvalue weighted by atomic mass is 16.5. The molecule has 3 heterocycles. The number of ether oxygens (including phenoxy) is 1. The molecule has 7 heteroatoms. The van der Waals surface area contributed by atoms with Gasteiger partial charge in [-0.15, -0.1) is 0 Å². The largest absolute Gasteiger partial charge is 0.491 e. The molecule has 2 amide bonds. The zero-order valence-corrected chi connectivity index (χ0v) is 20.5. The summed E-state index contributed by atoms with van der Waals surface area (Å²) in [6.07, 6.45) is 2.22. The third kappa shape index (κ3) is 5.36. The molecule has 1 N–H and O–H groups in total. The first-order valence-electron chi connectivity index (χ1n) is 12.8. The number of hydrogen-bond donors (Lipinski definition) is 1. The second kappa shape index (κ2) is 10.4. The second-order valence-electron chi connectivity index (χ2n) is 10.0. The Bertz CT molecular complexity index is 1080. The van der Waals surface area contributed by atoms with Crippen LogP contribution in [-0.2, 0) is 17.8 Å². The average Bonchev–Trinajstić information content (AvgIpc) is 3.02. The number of hydrogen-bond acceptors (Lipinski definition) is 5. The Morgan fingerprint density at radius 2 is 1.83 bits per heavy atom. The molecule has 0 saturated carbocycles. The van der Waals surface area contributed by atoms with Crippen molar-refractivity contribution in [3.8, 4) is 5.75 Å². The Morgan fingerprint density at radius 1 is 1.06 bits per heavy atom. The molecule has 5 rings (SSSR count). The normalized spacial score (nSPS) is 20.0. The summed E-state index contributed by atoms with van der Waals surface area (Å²) < 4.78 is 5.99. The summed E-state index contributed by atoms with van der Waals surface area (Å²) in [4.78, 5) is 30.8. The summed E-state index contributed by atoms with van der Waals surface area (Å²) in [5.41, 5.74) is 4.44. The lowest BCUT2D eigenvalue weighted by atomic mass is 9.88. The molecule has 1 saturated heterocycles. The Labute approximate surface area is 207 Å². The zero-order valence-electron chi connectivity index (χ0n) is 20.5. The first-order chi connectivity index (χ1) is 17.0. The smallest absolute Gasteiger partial charge is 0.257 e. The van der Waals surface area contributed by atoms with Crippen LogP contribution in [0.15, 0.2) is 42.5 Å². The van der Waals surface area contributed by atoms with Crippen LogP contribution >= 0.6 is 0 Å². The second-order valence-corrected chi connectivity index (χ2v) is 10.0. The number of β-amino-alcohol motifs (C(OH)–C–C–N with tert-alkyl or cyclic N) is 1. The fourth-order valence-corrected chi connectivity index (χ4v) is 5.65. The van der Waals surface area contributed by atoms with E-state index < -0.39 is 6.10 Å². The number of aliphatic hydroxyl groups is 1. The van der Waals surface area contributed by atoms with E-state index in [-0.39, 0.29) is 11.8 Å². The van der Waals surface area contributed by atoms with Crippen LogP contribution in [0.3, 0.4) is 0 Å². The Kier molecular flexibility index (Phi) is 7.07. The zero-order chi connectivity index (χ0) is 24.4. The van der Waals surface area contributed by atoms with E-state index >= 15 is 0 Å². The number of benzene rings is 2. The molecule has 0 aliphatic carbocycles. The predicted octanol–water partition coefficient (Wildman–Crippen LogP) is 2.67. The Hall–Kier alpha value is -2.90. The fraction of sp³-hybridized carbons (Fsp3) is 0.500. The van der Waals surface area contributed by atoms with Crippen molar-refractivity contribution in [1.82, 2.24) is 14.7 Å². The molecule has 1 fully saturated rings. The van der Waals surface area contributed by atoms with E-state index in [0.29, 0.717) is 43.5 Å². The molecule has 2 aromatic carbocycles. The van der Waals surface area contributed by atoms with E-state index in [1.165, 1.54) is 16.7 Å². The van der Waals surface area contributed by atoms with Crippen molar-refractivity contribution in [1.29, 1.82) is 0 Å². The maximum atomic E-state index is 13.3. The highest BCUT2D eigenvalue weighted by Gasteiger charge is 2.28. The van der Waals surface area contributed by atoms with E-state index in [4.69, 9.17) is 4.74 Å². The SMILES string of the molecule is CC(=O)N1CCC(c2ccc3c(c2)OCCN(CC(O)CN2CCc4ccccc4C2)C3=O)CC1. The van der Waals surface area contributed by atoms with Crippen LogP contribution in [-0.4, -0.2) is 83.6 Å². The van der Waals surface area contributed by atoms with Gasteiger partial charge in [-0.3, -0.25) is 14.5 Å². The number of piperidine rings is 1. The predicted molar refractivity (Wildman–Crippen MR) is 133 cm³/mol. The van der Waals surface area contributed by atoms with Gasteiger partial charge in [0.05, 0.1) is 18.2 Å². The number of aliphatic hydroxyl groups excluding tert-OH is 1. The maximum absolute atomic E-state index is 13.3. The topological polar surface area (TPSA) is 73.3 Å². The monoisotopic (exact) mass is 477 g/mol. The molecule has 2 aromatic rings. The summed E-state index contributed by atoms with van der Waals surface area (Å²) in [6.45, 7) is 6.62. The minimum absolute atomic E-state index is 0.0847. The number of rotatable bonds is 5. The number of carbonyl (C=O) groups excluding carboxylic acids is 2. The molecule has 186 valence electrons. The number of carbonyl (C=O) groups is 2. The van der Waals surface area contributed by atoms with Gasteiger partial charge in [0.25, 0.3) is 5.91 Å². The van der Waals surface area contributed by atoms with Crippen molar-refractivity contribution >= 4 is 11.8 Å². The molecule has 0 spiro atoms. The summed E-state index contributed by atoms with van der Waals surface area (Å²) >= 11 is 0. The minimum atomic E-state index is -0.614. The molecule has 1 atom stereocenters. The molecule has 0 aromatic heterocycles. The number of amides is 2. The first kappa shape index (κ1) is 23.8. The molecular weight excluding hydrogens is 442 g/mol. The van der Waals surface area contributed by atoms with Gasteiger partial charge >= 0.3 is 0 Å². The minimum Gasteiger partial charge on any atom is -0.491 e. The first-order valence-corrected chi connectivity index (χ1v) is 12.8. The quantitative estimate of drug-likeness (QED) is 0.717. The van der Waals surface area contributed by atoms with E-state index in [0.717, 1.165) is 45.4 Å². The van der Waals surface area contributed by atoms with Gasteiger partial charge in [0.15, 0.2) is 0 Å². The summed E-state index contributed by atoms with van der Waals surface area (Å²) in [5.74, 6) is 1.04. The van der Waals surface area contributed by atoms with E-state index in [2.05, 4.69) is 29.2 Å². The van der Waals surface area contributed by atoms with Crippen molar-refractivity contribution < 1.29 is 19.4 Å². The molecular formula is C28H35N3O4. The number of likely N-dealkylation sites (tertiary alicyclic amines) is 1. The standard InChI is InChI=1S/C28H35N3O4/c1-20(32)30-12-9-22(10-13-30)23-6-7-26-27(16-23)35-15-14-31(28(26)34)19-25(33)18-29-11-8-21-4-2-3-5-24(21)17-29/h2-7,16,22,25,33H,8-15,17-19H2,1H3. The molecule has 3 aliphatic heterocycles. The van der Waals surface area contributed by atoms with E-state index in [9.17, 15) is 14.7 Å². The van der Waals surface area contributed by atoms with Crippen molar-refractivity contribution in [2.24, 2.45) is 0 Å². The maximum Gasteiger partial charge on any atom is 0.257 e. The van der Waals surface area contributed by atoms with Crippen molar-refractivity contribution in [2.75, 3.05) is 45.9 Å². The third-order valence-corrected chi connectivity index (χ3v) is 7.66. The Balaban J connectivity index is 1.20. The lowest BCUT2D eigenvalue weighted by Crippen LogP contribution is -2.44. The van der Waals surface area contributed by atoms with Gasteiger partial charge in [0, 0.05) is 46.2 Å². The van der Waals surface area contributed by atoms with Crippen molar-refractivity contribution in [2.45, 2.75) is 44.8 Å². The molecule has 0 radical (unpaired) electrons. The third-order valence-electron chi connectivity index (χ3n) is 7.66. The van der Waals surface area contributed by atoms with Gasteiger partial charge in [0.2, 0.25) is 5.91 Å². The van der Waals surface area contributed by atoms with Crippen LogP contribution in [0.2, 0.25) is 0 Å². The number of fused-ring (bicyclic) bond motifs is 2. The van der Waals surface area contributed by atoms with Crippen LogP contribution < -0.4 is 4.74 Å². The van der Waals surface area contributed by atoms with Gasteiger partial charge in [-0.2, -0.15) is 0 Å². The Morgan fingerprint density at radius 3 is 2.60 bits per heavy atom. The summed E-state index contributed by atoms with van der Waals surface area (Å²) in [7, 11) is 0. The molecule has 0 bridgehead atoms. The van der Waals surface area contributed by atoms with Crippen LogP contribution in [0.5, 0.6) is 5.75 Å². The number of nitrogens with zero attached hydrogens (tertiary/aromatic N) is 3. The van der Waals surface area contributed by atoms with Crippen LogP contribution in [0.4, 0.5) is 0 Å². The highest BCUT2D eigenvalue weighted by molar-refractivity contribution is 5.97. The lowest BCUT2D eigenvalue weighted by Gasteiger charge is -2.32. The van der Waals surface area contributed by atoms with Gasteiger partial charge in [-0.1, -0.05) is 30.3 Å². The van der Waals surface area contributed by atoms with Gasteiger partial charge < -0.3 is 19.6 Å². The van der Waals surface area contributed by atoms with Crippen molar-refractivity contribution in [3.63, 3.8) is 0 Å². The van der Waals surface area contributed by atoms with Crippen LogP contribution in [0.25, 0.3) is 0 Å². The van der Waals surface area contributed by atoms with E-state index in [1.807, 2.05) is 23.1 Å². The molecule has 35 heavy (non-hydrogen) atoms. The van der Waals surface area contributed by atoms with E-state index in [1.54, 1.807) is 11.8 Å². The molecule has 3 aliphatic rings. The van der Waals surface area contributed by atoms with Gasteiger partial charge in [0.1, 0.15) is 12.4 Å². The molecule has 7 nitrogen and oxygen atoms in total. The van der Waals surface area contributed by atoms with Crippen LogP contribution in [0, 0.1) is 0 Å². The average molecular weight is 478 g/mol. The summed E-state index contributed by atoms with van der Waals surface area (Å²) in [6, 6.07) is 14.4. The van der Waals surface area contributed by atoms with Crippen LogP contribution in [0.1, 0.15) is 52.7 Å².